The highest BCUT2D eigenvalue weighted by Crippen LogP contribution is 2.50. The summed E-state index contributed by atoms with van der Waals surface area (Å²) in [5, 5.41) is 0. The Bertz CT molecular complexity index is 714. The fourth-order valence-corrected chi connectivity index (χ4v) is 6.64. The minimum absolute atomic E-state index is 0.0137. The average molecular weight is 411 g/mol. The molecular formula is C27H38O3. The number of hydrogen-bond acceptors (Lipinski definition) is 3. The highest BCUT2D eigenvalue weighted by molar-refractivity contribution is 5.75. The predicted molar refractivity (Wildman–Crippen MR) is 121 cm³/mol. The van der Waals surface area contributed by atoms with Crippen molar-refractivity contribution in [3.05, 3.63) is 36.4 Å². The van der Waals surface area contributed by atoms with Gasteiger partial charge in [0.2, 0.25) is 0 Å². The normalized spacial score (nSPS) is 34.3. The third-order valence-corrected chi connectivity index (χ3v) is 8.22. The van der Waals surface area contributed by atoms with E-state index in [4.69, 9.17) is 9.47 Å². The minimum Gasteiger partial charge on any atom is -0.497 e. The number of rotatable bonds is 5. The number of allylic oxidation sites excluding steroid dienone is 2. The van der Waals surface area contributed by atoms with Crippen LogP contribution in [0.25, 0.3) is 0 Å². The largest absolute Gasteiger partial charge is 0.497 e. The molecule has 0 saturated heterocycles. The molecule has 0 bridgehead atoms. The summed E-state index contributed by atoms with van der Waals surface area (Å²) in [4.78, 5) is 13.0. The highest BCUT2D eigenvalue weighted by Gasteiger charge is 2.43. The van der Waals surface area contributed by atoms with Gasteiger partial charge in [0, 0.05) is 0 Å². The van der Waals surface area contributed by atoms with Crippen molar-refractivity contribution in [2.24, 2.45) is 35.5 Å². The molecule has 4 unspecified atom stereocenters. The van der Waals surface area contributed by atoms with Gasteiger partial charge in [-0.15, -0.1) is 0 Å². The molecule has 0 N–H and O–H groups in total. The molecule has 0 heterocycles. The summed E-state index contributed by atoms with van der Waals surface area (Å²) < 4.78 is 11.0. The summed E-state index contributed by atoms with van der Waals surface area (Å²) in [5.41, 5.74) is 0. The number of carbonyl (C=O) groups is 1. The smallest absolute Gasteiger partial charge is 0.314 e. The molecular weight excluding hydrogens is 372 g/mol. The van der Waals surface area contributed by atoms with Gasteiger partial charge in [-0.1, -0.05) is 25.0 Å². The quantitative estimate of drug-likeness (QED) is 0.304. The molecule has 0 amide bonds. The van der Waals surface area contributed by atoms with Crippen LogP contribution in [0.1, 0.15) is 71.1 Å². The molecule has 0 aliphatic heterocycles. The van der Waals surface area contributed by atoms with Crippen LogP contribution in [-0.4, -0.2) is 13.1 Å². The standard InChI is InChI=1S/C27H38O3/c1-3-5-19-8-10-20(11-9-19)21-12-17-25-22(18-21)6-4-7-26(25)27(28)30-24-15-13-23(29-2)14-16-24/h3,5,13-16,19-22,25-26H,4,6-12,17-18H2,1-2H3/b5-3+. The third kappa shape index (κ3) is 4.92. The van der Waals surface area contributed by atoms with E-state index in [1.54, 1.807) is 7.11 Å². The monoisotopic (exact) mass is 410 g/mol. The second-order valence-electron chi connectivity index (χ2n) is 9.83. The Balaban J connectivity index is 1.32. The Morgan fingerprint density at radius 1 is 0.867 bits per heavy atom. The Labute approximate surface area is 182 Å². The molecule has 4 atom stereocenters. The maximum absolute atomic E-state index is 13.0. The second kappa shape index (κ2) is 10.0. The Morgan fingerprint density at radius 3 is 2.27 bits per heavy atom. The zero-order valence-electron chi connectivity index (χ0n) is 18.7. The Kier molecular flexibility index (Phi) is 7.17. The molecule has 3 aliphatic rings. The van der Waals surface area contributed by atoms with Crippen LogP contribution in [0.3, 0.4) is 0 Å². The summed E-state index contributed by atoms with van der Waals surface area (Å²) in [6.07, 6.45) is 17.5. The zero-order valence-corrected chi connectivity index (χ0v) is 18.7. The average Bonchev–Trinajstić information content (AvgIpc) is 2.79. The first-order valence-electron chi connectivity index (χ1n) is 12.2. The fraction of sp³-hybridized carbons (Fsp3) is 0.667. The van der Waals surface area contributed by atoms with Crippen LogP contribution in [0.5, 0.6) is 11.5 Å². The topological polar surface area (TPSA) is 35.5 Å². The van der Waals surface area contributed by atoms with Gasteiger partial charge in [-0.2, -0.15) is 0 Å². The minimum atomic E-state index is -0.0137. The van der Waals surface area contributed by atoms with Crippen molar-refractivity contribution in [1.82, 2.24) is 0 Å². The summed E-state index contributed by atoms with van der Waals surface area (Å²) in [6, 6.07) is 7.36. The van der Waals surface area contributed by atoms with Crippen molar-refractivity contribution in [3.8, 4) is 11.5 Å². The molecule has 1 aromatic rings. The number of ether oxygens (including phenoxy) is 2. The van der Waals surface area contributed by atoms with Crippen molar-refractivity contribution >= 4 is 5.97 Å². The van der Waals surface area contributed by atoms with E-state index in [1.807, 2.05) is 24.3 Å². The van der Waals surface area contributed by atoms with Gasteiger partial charge >= 0.3 is 5.97 Å². The van der Waals surface area contributed by atoms with Crippen LogP contribution in [0.15, 0.2) is 36.4 Å². The van der Waals surface area contributed by atoms with Gasteiger partial charge in [-0.05, 0) is 112 Å². The van der Waals surface area contributed by atoms with Crippen molar-refractivity contribution in [2.45, 2.75) is 71.1 Å². The van der Waals surface area contributed by atoms with E-state index in [9.17, 15) is 4.79 Å². The number of carbonyl (C=O) groups excluding carboxylic acids is 1. The lowest BCUT2D eigenvalue weighted by Gasteiger charge is -2.45. The molecule has 30 heavy (non-hydrogen) atoms. The number of esters is 1. The number of methoxy groups -OCH3 is 1. The molecule has 3 aliphatic carbocycles. The molecule has 3 heteroatoms. The lowest BCUT2D eigenvalue weighted by atomic mass is 9.59. The van der Waals surface area contributed by atoms with Crippen molar-refractivity contribution < 1.29 is 14.3 Å². The Morgan fingerprint density at radius 2 is 1.57 bits per heavy atom. The highest BCUT2D eigenvalue weighted by atomic mass is 16.5. The molecule has 164 valence electrons. The predicted octanol–water partition coefficient (Wildman–Crippen LogP) is 6.82. The molecule has 4 rings (SSSR count). The van der Waals surface area contributed by atoms with Crippen LogP contribution >= 0.6 is 0 Å². The summed E-state index contributed by atoms with van der Waals surface area (Å²) in [7, 11) is 1.65. The van der Waals surface area contributed by atoms with E-state index < -0.39 is 0 Å². The molecule has 0 aromatic heterocycles. The molecule has 3 fully saturated rings. The maximum atomic E-state index is 13.0. The number of hydrogen-bond donors (Lipinski definition) is 0. The van der Waals surface area contributed by atoms with Gasteiger partial charge in [0.25, 0.3) is 0 Å². The van der Waals surface area contributed by atoms with E-state index in [0.29, 0.717) is 11.7 Å². The van der Waals surface area contributed by atoms with Crippen molar-refractivity contribution in [3.63, 3.8) is 0 Å². The first kappa shape index (κ1) is 21.5. The summed E-state index contributed by atoms with van der Waals surface area (Å²) in [5.74, 6) is 5.35. The third-order valence-electron chi connectivity index (χ3n) is 8.22. The van der Waals surface area contributed by atoms with E-state index >= 15 is 0 Å². The summed E-state index contributed by atoms with van der Waals surface area (Å²) in [6.45, 7) is 2.15. The molecule has 3 saturated carbocycles. The van der Waals surface area contributed by atoms with E-state index in [0.717, 1.165) is 35.8 Å². The fourth-order valence-electron chi connectivity index (χ4n) is 6.64. The van der Waals surface area contributed by atoms with Gasteiger partial charge in [-0.3, -0.25) is 4.79 Å². The molecule has 1 aromatic carbocycles. The Hall–Kier alpha value is -1.77. The van der Waals surface area contributed by atoms with Crippen molar-refractivity contribution in [2.75, 3.05) is 7.11 Å². The summed E-state index contributed by atoms with van der Waals surface area (Å²) >= 11 is 0. The van der Waals surface area contributed by atoms with Crippen LogP contribution < -0.4 is 9.47 Å². The second-order valence-corrected chi connectivity index (χ2v) is 9.83. The van der Waals surface area contributed by atoms with E-state index in [-0.39, 0.29) is 11.9 Å². The van der Waals surface area contributed by atoms with Gasteiger partial charge < -0.3 is 9.47 Å². The zero-order chi connectivity index (χ0) is 20.9. The van der Waals surface area contributed by atoms with Crippen LogP contribution in [0, 0.1) is 35.5 Å². The van der Waals surface area contributed by atoms with Gasteiger partial charge in [0.1, 0.15) is 11.5 Å². The molecule has 0 radical (unpaired) electrons. The molecule has 3 nitrogen and oxygen atoms in total. The SMILES string of the molecule is C/C=C/C1CCC(C2CCC3C(CCCC3C(=O)Oc3ccc(OC)cc3)C2)CC1. The van der Waals surface area contributed by atoms with Crippen molar-refractivity contribution in [1.29, 1.82) is 0 Å². The van der Waals surface area contributed by atoms with Crippen LogP contribution in [0.2, 0.25) is 0 Å². The van der Waals surface area contributed by atoms with Gasteiger partial charge in [0.15, 0.2) is 0 Å². The number of benzene rings is 1. The molecule has 0 spiro atoms. The van der Waals surface area contributed by atoms with E-state index in [1.165, 1.54) is 57.8 Å². The van der Waals surface area contributed by atoms with Gasteiger partial charge in [0.05, 0.1) is 13.0 Å². The van der Waals surface area contributed by atoms with Crippen LogP contribution in [0.4, 0.5) is 0 Å². The lowest BCUT2D eigenvalue weighted by Crippen LogP contribution is -2.40. The van der Waals surface area contributed by atoms with Gasteiger partial charge in [-0.25, -0.2) is 0 Å². The first-order valence-corrected chi connectivity index (χ1v) is 12.2. The van der Waals surface area contributed by atoms with E-state index in [2.05, 4.69) is 19.1 Å². The van der Waals surface area contributed by atoms with Crippen LogP contribution in [-0.2, 0) is 4.79 Å². The maximum Gasteiger partial charge on any atom is 0.314 e. The first-order chi connectivity index (χ1) is 14.7. The number of fused-ring (bicyclic) bond motifs is 1. The lowest BCUT2D eigenvalue weighted by molar-refractivity contribution is -0.144.